The van der Waals surface area contributed by atoms with E-state index in [4.69, 9.17) is 5.73 Å². The van der Waals surface area contributed by atoms with Crippen molar-refractivity contribution in [3.05, 3.63) is 21.9 Å². The lowest BCUT2D eigenvalue weighted by atomic mass is 9.92. The molecule has 14 heavy (non-hydrogen) atoms. The maximum absolute atomic E-state index is 5.59. The molecule has 0 atom stereocenters. The van der Waals surface area contributed by atoms with Gasteiger partial charge in [0.05, 0.1) is 0 Å². The molecule has 1 saturated carbocycles. The van der Waals surface area contributed by atoms with Crippen molar-refractivity contribution >= 4 is 11.3 Å². The van der Waals surface area contributed by atoms with E-state index >= 15 is 0 Å². The summed E-state index contributed by atoms with van der Waals surface area (Å²) >= 11 is 1.85. The fourth-order valence-corrected chi connectivity index (χ4v) is 2.78. The fraction of sp³-hybridized carbons (Fsp3) is 0.636. The van der Waals surface area contributed by atoms with Gasteiger partial charge in [0.1, 0.15) is 0 Å². The van der Waals surface area contributed by atoms with E-state index in [1.54, 1.807) is 0 Å². The Balaban J connectivity index is 1.89. The summed E-state index contributed by atoms with van der Waals surface area (Å²) in [6.07, 6.45) is 4.17. The van der Waals surface area contributed by atoms with Crippen LogP contribution in [-0.2, 0) is 13.1 Å². The standard InChI is InChI=1S/C11H18N2S/c1-13(9-3-2-4-9)8-11-6-5-10(7-12)14-11/h5-6,9H,2-4,7-8,12H2,1H3. The van der Waals surface area contributed by atoms with Gasteiger partial charge in [-0.05, 0) is 32.0 Å². The molecular weight excluding hydrogens is 192 g/mol. The average Bonchev–Trinajstić information content (AvgIpc) is 2.48. The minimum absolute atomic E-state index is 0.678. The number of thiophene rings is 1. The van der Waals surface area contributed by atoms with Crippen molar-refractivity contribution in [3.8, 4) is 0 Å². The zero-order valence-corrected chi connectivity index (χ0v) is 9.52. The Morgan fingerprint density at radius 1 is 1.43 bits per heavy atom. The lowest BCUT2D eigenvalue weighted by Gasteiger charge is -2.34. The van der Waals surface area contributed by atoms with Gasteiger partial charge in [-0.3, -0.25) is 4.90 Å². The van der Waals surface area contributed by atoms with Gasteiger partial charge in [0.15, 0.2) is 0 Å². The van der Waals surface area contributed by atoms with Crippen LogP contribution in [0.25, 0.3) is 0 Å². The summed E-state index contributed by atoms with van der Waals surface area (Å²) in [6.45, 7) is 1.77. The van der Waals surface area contributed by atoms with Crippen molar-refractivity contribution in [2.45, 2.75) is 38.4 Å². The molecule has 0 bridgehead atoms. The molecule has 0 spiro atoms. The van der Waals surface area contributed by atoms with Gasteiger partial charge in [-0.2, -0.15) is 0 Å². The van der Waals surface area contributed by atoms with Gasteiger partial charge in [0, 0.05) is 28.9 Å². The van der Waals surface area contributed by atoms with Gasteiger partial charge in [0.25, 0.3) is 0 Å². The predicted octanol–water partition coefficient (Wildman–Crippen LogP) is 2.19. The third-order valence-electron chi connectivity index (χ3n) is 3.02. The summed E-state index contributed by atoms with van der Waals surface area (Å²) in [5, 5.41) is 0. The monoisotopic (exact) mass is 210 g/mol. The lowest BCUT2D eigenvalue weighted by Crippen LogP contribution is -2.36. The molecule has 0 amide bonds. The fourth-order valence-electron chi connectivity index (χ4n) is 1.82. The lowest BCUT2D eigenvalue weighted by molar-refractivity contribution is 0.154. The van der Waals surface area contributed by atoms with Crippen molar-refractivity contribution in [1.29, 1.82) is 0 Å². The molecule has 0 aromatic carbocycles. The van der Waals surface area contributed by atoms with E-state index in [0.717, 1.165) is 12.6 Å². The van der Waals surface area contributed by atoms with Crippen LogP contribution in [0, 0.1) is 0 Å². The van der Waals surface area contributed by atoms with Crippen LogP contribution in [0.4, 0.5) is 0 Å². The molecule has 78 valence electrons. The summed E-state index contributed by atoms with van der Waals surface area (Å²) in [6, 6.07) is 5.19. The Labute approximate surface area is 89.7 Å². The summed E-state index contributed by atoms with van der Waals surface area (Å²) in [7, 11) is 2.23. The molecule has 0 radical (unpaired) electrons. The Kier molecular flexibility index (Phi) is 3.21. The van der Waals surface area contributed by atoms with Gasteiger partial charge >= 0.3 is 0 Å². The minimum Gasteiger partial charge on any atom is -0.326 e. The second kappa shape index (κ2) is 4.43. The highest BCUT2D eigenvalue weighted by atomic mass is 32.1. The van der Waals surface area contributed by atoms with E-state index in [1.807, 2.05) is 11.3 Å². The highest BCUT2D eigenvalue weighted by molar-refractivity contribution is 7.11. The van der Waals surface area contributed by atoms with Gasteiger partial charge < -0.3 is 5.73 Å². The molecule has 2 rings (SSSR count). The second-order valence-electron chi connectivity index (χ2n) is 4.07. The number of hydrogen-bond donors (Lipinski definition) is 1. The number of nitrogens with two attached hydrogens (primary N) is 1. The summed E-state index contributed by atoms with van der Waals surface area (Å²) in [5.74, 6) is 0. The van der Waals surface area contributed by atoms with Crippen molar-refractivity contribution in [3.63, 3.8) is 0 Å². The Morgan fingerprint density at radius 3 is 2.64 bits per heavy atom. The van der Waals surface area contributed by atoms with Gasteiger partial charge in [0.2, 0.25) is 0 Å². The SMILES string of the molecule is CN(Cc1ccc(CN)s1)C1CCC1. The van der Waals surface area contributed by atoms with E-state index in [9.17, 15) is 0 Å². The van der Waals surface area contributed by atoms with Crippen LogP contribution in [0.2, 0.25) is 0 Å². The number of nitrogens with zero attached hydrogens (tertiary/aromatic N) is 1. The van der Waals surface area contributed by atoms with E-state index < -0.39 is 0 Å². The van der Waals surface area contributed by atoms with E-state index in [2.05, 4.69) is 24.1 Å². The number of hydrogen-bond acceptors (Lipinski definition) is 3. The molecular formula is C11H18N2S. The van der Waals surface area contributed by atoms with Crippen LogP contribution < -0.4 is 5.73 Å². The van der Waals surface area contributed by atoms with Crippen molar-refractivity contribution in [1.82, 2.24) is 4.90 Å². The van der Waals surface area contributed by atoms with Gasteiger partial charge in [-0.25, -0.2) is 0 Å². The molecule has 1 aromatic rings. The molecule has 0 unspecified atom stereocenters. The first-order valence-corrected chi connectivity index (χ1v) is 6.09. The molecule has 3 heteroatoms. The van der Waals surface area contributed by atoms with Crippen LogP contribution in [-0.4, -0.2) is 18.0 Å². The maximum atomic E-state index is 5.59. The molecule has 2 N–H and O–H groups in total. The van der Waals surface area contributed by atoms with Crippen molar-refractivity contribution in [2.24, 2.45) is 5.73 Å². The highest BCUT2D eigenvalue weighted by Crippen LogP contribution is 2.26. The smallest absolute Gasteiger partial charge is 0.0327 e. The molecule has 2 nitrogen and oxygen atoms in total. The minimum atomic E-state index is 0.678. The molecule has 1 fully saturated rings. The molecule has 0 aliphatic heterocycles. The third-order valence-corrected chi connectivity index (χ3v) is 4.11. The van der Waals surface area contributed by atoms with Crippen LogP contribution >= 0.6 is 11.3 Å². The third kappa shape index (κ3) is 2.16. The Bertz CT molecular complexity index is 291. The highest BCUT2D eigenvalue weighted by Gasteiger charge is 2.21. The topological polar surface area (TPSA) is 29.3 Å². The van der Waals surface area contributed by atoms with Crippen LogP contribution in [0.5, 0.6) is 0 Å². The Hall–Kier alpha value is -0.380. The van der Waals surface area contributed by atoms with Crippen LogP contribution in [0.15, 0.2) is 12.1 Å². The van der Waals surface area contributed by atoms with Crippen LogP contribution in [0.1, 0.15) is 29.0 Å². The zero-order chi connectivity index (χ0) is 9.97. The first kappa shape index (κ1) is 10.1. The second-order valence-corrected chi connectivity index (χ2v) is 5.32. The number of rotatable bonds is 4. The van der Waals surface area contributed by atoms with E-state index in [0.29, 0.717) is 6.54 Å². The molecule has 1 aliphatic carbocycles. The summed E-state index contributed by atoms with van der Waals surface area (Å²) < 4.78 is 0. The average molecular weight is 210 g/mol. The summed E-state index contributed by atoms with van der Waals surface area (Å²) in [4.78, 5) is 5.21. The first-order valence-electron chi connectivity index (χ1n) is 5.27. The normalized spacial score (nSPS) is 17.4. The van der Waals surface area contributed by atoms with E-state index in [-0.39, 0.29) is 0 Å². The maximum Gasteiger partial charge on any atom is 0.0327 e. The van der Waals surface area contributed by atoms with E-state index in [1.165, 1.54) is 29.0 Å². The summed E-state index contributed by atoms with van der Waals surface area (Å²) in [5.41, 5.74) is 5.59. The first-order chi connectivity index (χ1) is 6.79. The zero-order valence-electron chi connectivity index (χ0n) is 8.70. The van der Waals surface area contributed by atoms with Crippen molar-refractivity contribution < 1.29 is 0 Å². The van der Waals surface area contributed by atoms with Gasteiger partial charge in [-0.15, -0.1) is 11.3 Å². The predicted molar refractivity (Wildman–Crippen MR) is 61.3 cm³/mol. The Morgan fingerprint density at radius 2 is 2.14 bits per heavy atom. The molecule has 1 aliphatic rings. The van der Waals surface area contributed by atoms with Gasteiger partial charge in [-0.1, -0.05) is 6.42 Å². The quantitative estimate of drug-likeness (QED) is 0.825. The molecule has 1 heterocycles. The largest absolute Gasteiger partial charge is 0.326 e. The van der Waals surface area contributed by atoms with Crippen molar-refractivity contribution in [2.75, 3.05) is 7.05 Å². The van der Waals surface area contributed by atoms with Crippen LogP contribution in [0.3, 0.4) is 0 Å². The molecule has 0 saturated heterocycles. The molecule has 1 aromatic heterocycles.